The molecule has 0 aromatic carbocycles. The molecule has 1 unspecified atom stereocenters. The van der Waals surface area contributed by atoms with Gasteiger partial charge in [-0.25, -0.2) is 9.78 Å². The molecule has 1 aliphatic rings. The highest BCUT2D eigenvalue weighted by molar-refractivity contribution is 14.0. The maximum absolute atomic E-state index is 12.0. The third-order valence-electron chi connectivity index (χ3n) is 4.32. The van der Waals surface area contributed by atoms with Crippen molar-refractivity contribution in [3.8, 4) is 0 Å². The van der Waals surface area contributed by atoms with Gasteiger partial charge in [0, 0.05) is 20.0 Å². The summed E-state index contributed by atoms with van der Waals surface area (Å²) < 4.78 is 7.23. The number of hydrogen-bond donors (Lipinski definition) is 2. The highest BCUT2D eigenvalue weighted by atomic mass is 127. The monoisotopic (exact) mass is 519 g/mol. The van der Waals surface area contributed by atoms with E-state index >= 15 is 0 Å². The average molecular weight is 519 g/mol. The van der Waals surface area contributed by atoms with Gasteiger partial charge in [-0.05, 0) is 27.2 Å². The molecule has 154 valence electrons. The first-order valence-corrected chi connectivity index (χ1v) is 9.87. The van der Waals surface area contributed by atoms with Crippen LogP contribution < -0.4 is 10.6 Å². The highest BCUT2D eigenvalue weighted by Gasteiger charge is 2.21. The van der Waals surface area contributed by atoms with Crippen LogP contribution in [0.3, 0.4) is 0 Å². The summed E-state index contributed by atoms with van der Waals surface area (Å²) in [5.41, 5.74) is 0.684. The quantitative estimate of drug-likeness (QED) is 0.261. The van der Waals surface area contributed by atoms with E-state index in [9.17, 15) is 4.79 Å². The Labute approximate surface area is 185 Å². The molecule has 2 aromatic rings. The van der Waals surface area contributed by atoms with E-state index in [1.165, 1.54) is 11.3 Å². The van der Waals surface area contributed by atoms with Gasteiger partial charge in [-0.15, -0.1) is 45.5 Å². The second kappa shape index (κ2) is 10.1. The van der Waals surface area contributed by atoms with Crippen LogP contribution in [0.15, 0.2) is 4.99 Å². The zero-order valence-electron chi connectivity index (χ0n) is 16.5. The van der Waals surface area contributed by atoms with Gasteiger partial charge >= 0.3 is 5.97 Å². The number of carbonyl (C=O) groups excluding carboxylic acids is 1. The van der Waals surface area contributed by atoms with E-state index in [-0.39, 0.29) is 36.0 Å². The molecule has 3 rings (SSSR count). The molecular formula is C17H26IN7O2S. The topological polar surface area (TPSA) is 106 Å². The molecule has 3 heterocycles. The third kappa shape index (κ3) is 4.99. The van der Waals surface area contributed by atoms with E-state index in [0.717, 1.165) is 36.0 Å². The molecular weight excluding hydrogens is 493 g/mol. The number of halogens is 1. The Morgan fingerprint density at radius 1 is 1.43 bits per heavy atom. The van der Waals surface area contributed by atoms with Crippen molar-refractivity contribution >= 4 is 47.2 Å². The summed E-state index contributed by atoms with van der Waals surface area (Å²) in [6.07, 6.45) is 2.11. The summed E-state index contributed by atoms with van der Waals surface area (Å²) in [5, 5.41) is 15.8. The lowest BCUT2D eigenvalue weighted by atomic mass is 10.3. The molecule has 28 heavy (non-hydrogen) atoms. The summed E-state index contributed by atoms with van der Waals surface area (Å²) in [5.74, 6) is 2.28. The first-order valence-electron chi connectivity index (χ1n) is 9.06. The van der Waals surface area contributed by atoms with Crippen molar-refractivity contribution in [1.82, 2.24) is 30.4 Å². The van der Waals surface area contributed by atoms with Crippen LogP contribution in [0.4, 0.5) is 0 Å². The fourth-order valence-electron chi connectivity index (χ4n) is 2.95. The summed E-state index contributed by atoms with van der Waals surface area (Å²) in [6, 6.07) is -0.104. The van der Waals surface area contributed by atoms with E-state index in [2.05, 4.69) is 35.4 Å². The molecule has 0 radical (unpaired) electrons. The second-order valence-corrected chi connectivity index (χ2v) is 7.30. The van der Waals surface area contributed by atoms with Gasteiger partial charge < -0.3 is 19.9 Å². The number of esters is 1. The van der Waals surface area contributed by atoms with Gasteiger partial charge in [0.15, 0.2) is 11.8 Å². The molecule has 9 nitrogen and oxygen atoms in total. The van der Waals surface area contributed by atoms with Crippen molar-refractivity contribution in [2.24, 2.45) is 4.99 Å². The van der Waals surface area contributed by atoms with Gasteiger partial charge in [-0.1, -0.05) is 0 Å². The van der Waals surface area contributed by atoms with Crippen LogP contribution in [0, 0.1) is 6.92 Å². The van der Waals surface area contributed by atoms with E-state index in [4.69, 9.17) is 4.74 Å². The van der Waals surface area contributed by atoms with Crippen LogP contribution in [0.1, 0.15) is 58.3 Å². The lowest BCUT2D eigenvalue weighted by molar-refractivity contribution is 0.0531. The molecule has 1 aliphatic heterocycles. The molecule has 0 bridgehead atoms. The van der Waals surface area contributed by atoms with Gasteiger partial charge in [-0.3, -0.25) is 4.99 Å². The number of rotatable bonds is 6. The Bertz CT molecular complexity index is 849. The van der Waals surface area contributed by atoms with Crippen LogP contribution in [0.2, 0.25) is 0 Å². The normalized spacial score (nSPS) is 14.2. The Morgan fingerprint density at radius 3 is 2.93 bits per heavy atom. The highest BCUT2D eigenvalue weighted by Crippen LogP contribution is 2.24. The number of nitrogens with zero attached hydrogens (tertiary/aromatic N) is 5. The molecule has 0 fully saturated rings. The van der Waals surface area contributed by atoms with Crippen molar-refractivity contribution < 1.29 is 9.53 Å². The van der Waals surface area contributed by atoms with Crippen LogP contribution >= 0.6 is 35.3 Å². The summed E-state index contributed by atoms with van der Waals surface area (Å²) in [4.78, 5) is 21.3. The maximum atomic E-state index is 12.0. The SMILES string of the molecule is CCOC(=O)c1sc(C(C)NC(=NC)NCc2nnc3n2CCC3)nc1C.I. The second-order valence-electron chi connectivity index (χ2n) is 6.27. The molecule has 2 N–H and O–H groups in total. The third-order valence-corrected chi connectivity index (χ3v) is 5.64. The number of aliphatic imine (C=N–C) groups is 1. The molecule has 2 aromatic heterocycles. The lowest BCUT2D eigenvalue weighted by Crippen LogP contribution is -2.38. The number of fused-ring (bicyclic) bond motifs is 1. The number of carbonyl (C=O) groups is 1. The largest absolute Gasteiger partial charge is 0.462 e. The van der Waals surface area contributed by atoms with Crippen molar-refractivity contribution in [1.29, 1.82) is 0 Å². The minimum absolute atomic E-state index is 0. The van der Waals surface area contributed by atoms with Crippen molar-refractivity contribution in [3.63, 3.8) is 0 Å². The first kappa shape index (κ1) is 22.5. The fourth-order valence-corrected chi connectivity index (χ4v) is 3.92. The molecule has 1 atom stereocenters. The van der Waals surface area contributed by atoms with Gasteiger partial charge in [0.1, 0.15) is 15.7 Å². The maximum Gasteiger partial charge on any atom is 0.350 e. The first-order chi connectivity index (χ1) is 13.0. The van der Waals surface area contributed by atoms with E-state index in [1.54, 1.807) is 14.0 Å². The van der Waals surface area contributed by atoms with Gasteiger partial charge in [0.25, 0.3) is 0 Å². The van der Waals surface area contributed by atoms with E-state index in [1.807, 2.05) is 13.8 Å². The Balaban J connectivity index is 0.00000280. The Kier molecular flexibility index (Phi) is 8.16. The molecule has 0 saturated carbocycles. The smallest absolute Gasteiger partial charge is 0.350 e. The summed E-state index contributed by atoms with van der Waals surface area (Å²) in [7, 11) is 1.72. The zero-order valence-corrected chi connectivity index (χ0v) is 19.6. The number of ether oxygens (including phenoxy) is 1. The van der Waals surface area contributed by atoms with Gasteiger partial charge in [0.2, 0.25) is 0 Å². The molecule has 0 spiro atoms. The number of aromatic nitrogens is 4. The molecule has 11 heteroatoms. The van der Waals surface area contributed by atoms with E-state index in [0.29, 0.717) is 29.7 Å². The molecule has 0 aliphatic carbocycles. The summed E-state index contributed by atoms with van der Waals surface area (Å²) in [6.45, 7) is 7.45. The van der Waals surface area contributed by atoms with Crippen LogP contribution in [-0.2, 0) is 24.2 Å². The van der Waals surface area contributed by atoms with Crippen molar-refractivity contribution in [2.75, 3.05) is 13.7 Å². The standard InChI is InChI=1S/C17H25N7O2S.HI/c1-5-26-16(25)14-10(2)20-15(27-14)11(3)21-17(18-4)19-9-13-23-22-12-7-6-8-24(12)13;/h11H,5-9H2,1-4H3,(H2,18,19,21);1H. The fraction of sp³-hybridized carbons (Fsp3) is 0.588. The van der Waals surface area contributed by atoms with Crippen LogP contribution in [-0.4, -0.2) is 45.3 Å². The number of hydrogen-bond acceptors (Lipinski definition) is 7. The zero-order chi connectivity index (χ0) is 19.4. The van der Waals surface area contributed by atoms with Crippen LogP contribution in [0.25, 0.3) is 0 Å². The minimum atomic E-state index is -0.325. The number of thiazole rings is 1. The predicted molar refractivity (Wildman–Crippen MR) is 118 cm³/mol. The van der Waals surface area contributed by atoms with Crippen molar-refractivity contribution in [2.45, 2.75) is 52.7 Å². The summed E-state index contributed by atoms with van der Waals surface area (Å²) >= 11 is 1.34. The number of aryl methyl sites for hydroxylation is 2. The lowest BCUT2D eigenvalue weighted by Gasteiger charge is -2.16. The average Bonchev–Trinajstić information content (AvgIpc) is 3.34. The molecule has 0 saturated heterocycles. The van der Waals surface area contributed by atoms with Gasteiger partial charge in [0.05, 0.1) is 24.9 Å². The van der Waals surface area contributed by atoms with E-state index < -0.39 is 0 Å². The number of nitrogens with one attached hydrogen (secondary N) is 2. The number of guanidine groups is 1. The minimum Gasteiger partial charge on any atom is -0.462 e. The Hall–Kier alpha value is -1.76. The van der Waals surface area contributed by atoms with Crippen molar-refractivity contribution in [3.05, 3.63) is 27.2 Å². The van der Waals surface area contributed by atoms with Crippen LogP contribution in [0.5, 0.6) is 0 Å². The van der Waals surface area contributed by atoms with Gasteiger partial charge in [-0.2, -0.15) is 0 Å². The predicted octanol–water partition coefficient (Wildman–Crippen LogP) is 2.21. The Morgan fingerprint density at radius 2 is 2.21 bits per heavy atom. The molecule has 0 amide bonds.